The fraction of sp³-hybridized carbons (Fsp3) is 0.500. The molecule has 2 fully saturated rings. The van der Waals surface area contributed by atoms with Crippen LogP contribution in [0.2, 0.25) is 0 Å². The minimum atomic E-state index is -2.23. The fourth-order valence-corrected chi connectivity index (χ4v) is 13.0. The van der Waals surface area contributed by atoms with Gasteiger partial charge < -0.3 is 55.9 Å². The predicted octanol–water partition coefficient (Wildman–Crippen LogP) is 3.74. The molecule has 9 N–H and O–H groups in total. The van der Waals surface area contributed by atoms with Crippen LogP contribution in [-0.4, -0.2) is 108 Å². The van der Waals surface area contributed by atoms with Crippen LogP contribution in [0.4, 0.5) is 0 Å². The van der Waals surface area contributed by atoms with Gasteiger partial charge in [-0.2, -0.15) is 0 Å². The normalized spacial score (nSPS) is 32.8. The Morgan fingerprint density at radius 1 is 0.949 bits per heavy atom. The second-order valence-corrected chi connectivity index (χ2v) is 19.1. The van der Waals surface area contributed by atoms with E-state index in [1.165, 1.54) is 39.8 Å². The van der Waals surface area contributed by atoms with Gasteiger partial charge in [-0.3, -0.25) is 9.59 Å². The molecule has 6 aliphatic rings. The third kappa shape index (κ3) is 7.35. The smallest absolute Gasteiger partial charge is 0.229 e. The fourth-order valence-electron chi connectivity index (χ4n) is 10.2. The lowest BCUT2D eigenvalue weighted by Gasteiger charge is -2.51. The number of dihydropyridines is 1. The van der Waals surface area contributed by atoms with Crippen molar-refractivity contribution in [3.63, 3.8) is 0 Å². The first-order valence-corrected chi connectivity index (χ1v) is 22.7. The Morgan fingerprint density at radius 3 is 2.49 bits per heavy atom. The number of ether oxygens (including phenoxy) is 2. The Hall–Kier alpha value is -3.64. The van der Waals surface area contributed by atoms with Crippen LogP contribution in [-0.2, 0) is 17.8 Å². The third-order valence-corrected chi connectivity index (χ3v) is 15.8. The molecule has 0 aromatic heterocycles. The molecule has 13 nitrogen and oxygen atoms in total. The zero-order chi connectivity index (χ0) is 41.5. The molecule has 3 heterocycles. The molecular weight excluding hydrogens is 797 g/mol. The molecule has 3 aliphatic carbocycles. The van der Waals surface area contributed by atoms with E-state index in [0.717, 1.165) is 29.8 Å². The summed E-state index contributed by atoms with van der Waals surface area (Å²) in [5.41, 5.74) is -1.70. The molecule has 2 aromatic rings. The second-order valence-electron chi connectivity index (χ2n) is 16.5. The summed E-state index contributed by atoms with van der Waals surface area (Å²) in [7, 11) is 2.77. The molecule has 8 atom stereocenters. The number of carbonyl (C=O) groups excluding carboxylic acids is 2. The van der Waals surface area contributed by atoms with Crippen molar-refractivity contribution >= 4 is 33.2 Å². The molecule has 1 saturated carbocycles. The highest BCUT2D eigenvalue weighted by atomic mass is 33.1. The maximum Gasteiger partial charge on any atom is 0.229 e. The number of fused-ring (bicyclic) bond motifs is 4. The molecule has 2 aromatic carbocycles. The molecule has 15 heteroatoms. The Morgan fingerprint density at radius 2 is 1.73 bits per heavy atom. The Labute approximate surface area is 350 Å². The van der Waals surface area contributed by atoms with Crippen LogP contribution in [0.3, 0.4) is 0 Å². The number of rotatable bonds is 7. The molecule has 2 spiro atoms. The summed E-state index contributed by atoms with van der Waals surface area (Å²) in [6, 6.07) is 11.9. The van der Waals surface area contributed by atoms with Crippen molar-refractivity contribution < 1.29 is 54.8 Å². The summed E-state index contributed by atoms with van der Waals surface area (Å²) >= 11 is 0. The zero-order valence-electron chi connectivity index (χ0n) is 32.6. The van der Waals surface area contributed by atoms with Gasteiger partial charge in [-0.25, -0.2) is 0 Å². The topological polar surface area (TPSA) is 218 Å². The summed E-state index contributed by atoms with van der Waals surface area (Å²) in [5.74, 6) is -1.55. The minimum absolute atomic E-state index is 0.0392. The van der Waals surface area contributed by atoms with Gasteiger partial charge in [0.1, 0.15) is 40.8 Å². The van der Waals surface area contributed by atoms with Crippen LogP contribution in [0.15, 0.2) is 89.5 Å². The highest BCUT2D eigenvalue weighted by Gasteiger charge is 2.63. The van der Waals surface area contributed by atoms with E-state index >= 15 is 4.79 Å². The van der Waals surface area contributed by atoms with E-state index in [0.29, 0.717) is 42.8 Å². The lowest BCUT2D eigenvalue weighted by Crippen LogP contribution is -2.69. The van der Waals surface area contributed by atoms with Gasteiger partial charge in [-0.05, 0) is 84.4 Å². The third-order valence-electron chi connectivity index (χ3n) is 13.1. The molecule has 59 heavy (non-hydrogen) atoms. The van der Waals surface area contributed by atoms with Crippen LogP contribution >= 0.6 is 21.6 Å². The van der Waals surface area contributed by atoms with Crippen LogP contribution in [0, 0.1) is 16.7 Å². The molecule has 8 unspecified atom stereocenters. The number of aliphatic hydroxyl groups is 7. The van der Waals surface area contributed by atoms with E-state index in [2.05, 4.69) is 16.7 Å². The molecule has 3 aliphatic heterocycles. The first-order valence-electron chi connectivity index (χ1n) is 20.3. The van der Waals surface area contributed by atoms with Gasteiger partial charge in [0.25, 0.3) is 0 Å². The van der Waals surface area contributed by atoms with Crippen molar-refractivity contribution in [2.75, 3.05) is 25.6 Å². The van der Waals surface area contributed by atoms with Crippen molar-refractivity contribution in [2.45, 2.75) is 93.4 Å². The van der Waals surface area contributed by atoms with E-state index in [-0.39, 0.29) is 55.1 Å². The van der Waals surface area contributed by atoms with Crippen molar-refractivity contribution in [1.29, 1.82) is 0 Å². The number of hydrogen-bond donors (Lipinski definition) is 9. The molecule has 1 saturated heterocycles. The number of ketones is 2. The van der Waals surface area contributed by atoms with Gasteiger partial charge >= 0.3 is 0 Å². The highest BCUT2D eigenvalue weighted by Crippen LogP contribution is 2.58. The van der Waals surface area contributed by atoms with Gasteiger partial charge in [0, 0.05) is 24.0 Å². The average Bonchev–Trinajstić information content (AvgIpc) is 3.72. The van der Waals surface area contributed by atoms with Gasteiger partial charge in [0.2, 0.25) is 6.29 Å². The van der Waals surface area contributed by atoms with Crippen LogP contribution in [0.5, 0.6) is 5.75 Å². The molecular formula is C44H52N2O11S2. The molecule has 6 bridgehead atoms. The second kappa shape index (κ2) is 17.0. The Kier molecular flexibility index (Phi) is 12.1. The predicted molar refractivity (Wildman–Crippen MR) is 222 cm³/mol. The number of allylic oxidation sites excluding steroid dienone is 6. The summed E-state index contributed by atoms with van der Waals surface area (Å²) in [6.07, 6.45) is 4.58. The number of Topliss-reactive ketones (excluding diaryl/α,β-unsaturated/α-hetero) is 2. The quantitative estimate of drug-likeness (QED) is 0.182. The number of carbonyl (C=O) groups is 2. The van der Waals surface area contributed by atoms with Crippen molar-refractivity contribution in [3.8, 4) is 5.75 Å². The Bertz CT molecular complexity index is 2080. The Balaban J connectivity index is 1.27. The van der Waals surface area contributed by atoms with Crippen molar-refractivity contribution in [1.82, 2.24) is 10.6 Å². The van der Waals surface area contributed by atoms with E-state index < -0.39 is 70.4 Å². The first-order chi connectivity index (χ1) is 28.5. The largest absolute Gasteiger partial charge is 0.511 e. The SMILES string of the molecule is O=C1c2cccc3c2C(=O)C2(C(O)=CC(Cc4cccc(CO)c4)=CC12)C(CCCO)SSCNC1=CC(=CCN1)C1(CCCC1)CC1(O)C(O)C(CO)OC(O3)C1O. The van der Waals surface area contributed by atoms with Crippen LogP contribution < -0.4 is 15.4 Å². The molecule has 0 amide bonds. The van der Waals surface area contributed by atoms with E-state index in [1.807, 2.05) is 24.3 Å². The van der Waals surface area contributed by atoms with Crippen molar-refractivity contribution in [3.05, 3.63) is 112 Å². The van der Waals surface area contributed by atoms with Crippen LogP contribution in [0.25, 0.3) is 0 Å². The average molecular weight is 849 g/mol. The maximum absolute atomic E-state index is 15.6. The van der Waals surface area contributed by atoms with Gasteiger partial charge in [0.15, 0.2) is 11.6 Å². The van der Waals surface area contributed by atoms with Crippen molar-refractivity contribution in [2.24, 2.45) is 16.7 Å². The molecule has 8 rings (SSSR count). The standard InChI is InChI=1S/C44H52N2O11S2/c47-15-5-10-34-44-30(18-27(19-33(44)50)17-25-6-3-7-26(16-25)21-48)37(51)29-8-4-9-31(36(29)39(44)53)56-41-40(54)43(55,38(52)32(22-49)57-41)23-42(12-1-2-13-42)28-11-14-45-35(20-28)46-24-58-59-34/h3-4,6-9,11,16,18-20,30,32,34,38,40-41,45-50,52,54-55H,1-2,5,10,12-15,17,21-24H2. The van der Waals surface area contributed by atoms with Gasteiger partial charge in [-0.15, -0.1) is 0 Å². The zero-order valence-corrected chi connectivity index (χ0v) is 34.2. The number of nitrogens with one attached hydrogen (secondary N) is 2. The maximum atomic E-state index is 15.6. The van der Waals surface area contributed by atoms with E-state index in [1.54, 1.807) is 18.2 Å². The highest BCUT2D eigenvalue weighted by molar-refractivity contribution is 8.76. The van der Waals surface area contributed by atoms with Gasteiger partial charge in [0.05, 0.1) is 36.4 Å². The number of aliphatic hydroxyl groups excluding tert-OH is 6. The molecule has 0 radical (unpaired) electrons. The monoisotopic (exact) mass is 848 g/mol. The van der Waals surface area contributed by atoms with E-state index in [9.17, 15) is 40.5 Å². The molecule has 316 valence electrons. The van der Waals surface area contributed by atoms with Gasteiger partial charge in [-0.1, -0.05) is 83.0 Å². The van der Waals surface area contributed by atoms with E-state index in [4.69, 9.17) is 9.47 Å². The summed E-state index contributed by atoms with van der Waals surface area (Å²) in [6.45, 7) is -0.563. The lowest BCUT2D eigenvalue weighted by atomic mass is 9.57. The summed E-state index contributed by atoms with van der Waals surface area (Å²) < 4.78 is 12.3. The first kappa shape index (κ1) is 42.1. The summed E-state index contributed by atoms with van der Waals surface area (Å²) in [5, 5.41) is 84.9. The number of benzene rings is 2. The minimum Gasteiger partial charge on any atom is -0.511 e. The summed E-state index contributed by atoms with van der Waals surface area (Å²) in [4.78, 5) is 30.6. The van der Waals surface area contributed by atoms with Crippen LogP contribution in [0.1, 0.15) is 76.8 Å². The number of hydrogen-bond acceptors (Lipinski definition) is 15. The lowest BCUT2D eigenvalue weighted by molar-refractivity contribution is -0.319.